The molecule has 0 radical (unpaired) electrons. The summed E-state index contributed by atoms with van der Waals surface area (Å²) in [4.78, 5) is 16.2. The van der Waals surface area contributed by atoms with E-state index < -0.39 is 0 Å². The van der Waals surface area contributed by atoms with Crippen LogP contribution in [0.25, 0.3) is 10.9 Å². The fourth-order valence-corrected chi connectivity index (χ4v) is 3.54. The summed E-state index contributed by atoms with van der Waals surface area (Å²) in [5.41, 5.74) is 4.06. The average Bonchev–Trinajstić information content (AvgIpc) is 3.11. The number of benzene rings is 3. The molecule has 0 fully saturated rings. The zero-order chi connectivity index (χ0) is 17.9. The first-order valence-electron chi connectivity index (χ1n) is 8.62. The van der Waals surface area contributed by atoms with Gasteiger partial charge in [0.2, 0.25) is 0 Å². The summed E-state index contributed by atoms with van der Waals surface area (Å²) < 4.78 is 0. The van der Waals surface area contributed by atoms with E-state index in [4.69, 9.17) is 11.6 Å². The van der Waals surface area contributed by atoms with Gasteiger partial charge in [-0.1, -0.05) is 60.1 Å². The van der Waals surface area contributed by atoms with Crippen LogP contribution in [-0.4, -0.2) is 10.8 Å². The van der Waals surface area contributed by atoms with Crippen molar-refractivity contribution in [1.29, 1.82) is 0 Å². The van der Waals surface area contributed by atoms with Gasteiger partial charge in [0.25, 0.3) is 0 Å². The number of hydrogen-bond acceptors (Lipinski definition) is 1. The second-order valence-corrected chi connectivity index (χ2v) is 6.82. The second-order valence-electron chi connectivity index (χ2n) is 6.39. The maximum atomic E-state index is 12.9. The van der Waals surface area contributed by atoms with E-state index in [1.807, 2.05) is 36.5 Å². The minimum atomic E-state index is -0.00414. The lowest BCUT2D eigenvalue weighted by Crippen LogP contribution is -2.09. The summed E-state index contributed by atoms with van der Waals surface area (Å²) >= 11 is 5.95. The van der Waals surface area contributed by atoms with Gasteiger partial charge in [-0.3, -0.25) is 4.79 Å². The van der Waals surface area contributed by atoms with Crippen molar-refractivity contribution in [3.8, 4) is 0 Å². The van der Waals surface area contributed by atoms with Crippen molar-refractivity contribution in [3.05, 3.63) is 107 Å². The molecule has 1 aromatic heterocycles. The van der Waals surface area contributed by atoms with E-state index in [2.05, 4.69) is 29.2 Å². The maximum absolute atomic E-state index is 12.9. The monoisotopic (exact) mass is 359 g/mol. The number of aromatic amines is 1. The van der Waals surface area contributed by atoms with Gasteiger partial charge in [0.15, 0.2) is 5.78 Å². The minimum Gasteiger partial charge on any atom is -0.361 e. The molecule has 4 rings (SSSR count). The van der Waals surface area contributed by atoms with Crippen molar-refractivity contribution < 1.29 is 4.79 Å². The van der Waals surface area contributed by atoms with Crippen molar-refractivity contribution >= 4 is 28.3 Å². The fraction of sp³-hybridized carbons (Fsp3) is 0.0870. The molecular formula is C23H18ClNO. The predicted molar refractivity (Wildman–Crippen MR) is 107 cm³/mol. The van der Waals surface area contributed by atoms with Crippen LogP contribution >= 0.6 is 11.6 Å². The van der Waals surface area contributed by atoms with Gasteiger partial charge < -0.3 is 4.98 Å². The first-order valence-corrected chi connectivity index (χ1v) is 9.00. The molecule has 0 aliphatic carbocycles. The summed E-state index contributed by atoms with van der Waals surface area (Å²) in [5.74, 6) is 0.108. The molecule has 128 valence electrons. The van der Waals surface area contributed by atoms with Crippen LogP contribution in [0.1, 0.15) is 33.8 Å². The maximum Gasteiger partial charge on any atom is 0.163 e. The van der Waals surface area contributed by atoms with Gasteiger partial charge in [-0.05, 0) is 41.5 Å². The van der Waals surface area contributed by atoms with E-state index in [1.165, 1.54) is 0 Å². The molecule has 1 N–H and O–H groups in total. The van der Waals surface area contributed by atoms with E-state index in [0.717, 1.165) is 22.0 Å². The van der Waals surface area contributed by atoms with Crippen LogP contribution in [0.2, 0.25) is 5.02 Å². The number of carbonyl (C=O) groups is 1. The highest BCUT2D eigenvalue weighted by atomic mass is 35.5. The Kier molecular flexibility index (Phi) is 4.59. The Bertz CT molecular complexity index is 1030. The molecule has 0 bridgehead atoms. The van der Waals surface area contributed by atoms with Crippen LogP contribution in [-0.2, 0) is 0 Å². The standard InChI is InChI=1S/C23H18ClNO/c24-18-12-10-17(11-13-18)23(26)14-20(16-6-2-1-3-7-16)21-15-25-22-9-5-4-8-19(21)22/h1-13,15,20,25H,14H2/t20-/m0/s1. The van der Waals surface area contributed by atoms with Crippen molar-refractivity contribution in [2.75, 3.05) is 0 Å². The molecule has 3 aromatic carbocycles. The first-order chi connectivity index (χ1) is 12.7. The normalized spacial score (nSPS) is 12.2. The number of nitrogens with one attached hydrogen (secondary N) is 1. The second kappa shape index (κ2) is 7.19. The lowest BCUT2D eigenvalue weighted by Gasteiger charge is -2.17. The van der Waals surface area contributed by atoms with E-state index in [1.54, 1.807) is 24.3 Å². The molecule has 0 aliphatic heterocycles. The van der Waals surface area contributed by atoms with Gasteiger partial charge in [-0.15, -0.1) is 0 Å². The van der Waals surface area contributed by atoms with E-state index >= 15 is 0 Å². The van der Waals surface area contributed by atoms with Crippen LogP contribution in [0.5, 0.6) is 0 Å². The van der Waals surface area contributed by atoms with Gasteiger partial charge in [0.1, 0.15) is 0 Å². The van der Waals surface area contributed by atoms with Crippen molar-refractivity contribution in [1.82, 2.24) is 4.98 Å². The Balaban J connectivity index is 1.74. The molecule has 26 heavy (non-hydrogen) atoms. The fourth-order valence-electron chi connectivity index (χ4n) is 3.41. The molecule has 0 aliphatic rings. The summed E-state index contributed by atoms with van der Waals surface area (Å²) in [7, 11) is 0. The third-order valence-electron chi connectivity index (χ3n) is 4.75. The molecule has 4 aromatic rings. The quantitative estimate of drug-likeness (QED) is 0.421. The largest absolute Gasteiger partial charge is 0.361 e. The lowest BCUT2D eigenvalue weighted by molar-refractivity contribution is 0.0978. The predicted octanol–water partition coefficient (Wildman–Crippen LogP) is 6.23. The smallest absolute Gasteiger partial charge is 0.163 e. The molecule has 0 amide bonds. The van der Waals surface area contributed by atoms with Gasteiger partial charge >= 0.3 is 0 Å². The topological polar surface area (TPSA) is 32.9 Å². The Morgan fingerprint density at radius 2 is 1.58 bits per heavy atom. The van der Waals surface area contributed by atoms with E-state index in [0.29, 0.717) is 17.0 Å². The van der Waals surface area contributed by atoms with Crippen LogP contribution < -0.4 is 0 Å². The molecule has 0 saturated carbocycles. The number of rotatable bonds is 5. The molecule has 1 atom stereocenters. The highest BCUT2D eigenvalue weighted by molar-refractivity contribution is 6.30. The van der Waals surface area contributed by atoms with Crippen LogP contribution in [0.4, 0.5) is 0 Å². The number of H-pyrrole nitrogens is 1. The molecule has 3 heteroatoms. The van der Waals surface area contributed by atoms with Crippen molar-refractivity contribution in [2.45, 2.75) is 12.3 Å². The minimum absolute atomic E-state index is 0.00414. The number of para-hydroxylation sites is 1. The number of fused-ring (bicyclic) bond motifs is 1. The van der Waals surface area contributed by atoms with Gasteiger partial charge in [-0.2, -0.15) is 0 Å². The molecule has 0 unspecified atom stereocenters. The first kappa shape index (κ1) is 16.6. The van der Waals surface area contributed by atoms with Crippen molar-refractivity contribution in [2.24, 2.45) is 0 Å². The zero-order valence-corrected chi connectivity index (χ0v) is 14.9. The Hall–Kier alpha value is -2.84. The van der Waals surface area contributed by atoms with Crippen LogP contribution in [0.15, 0.2) is 85.1 Å². The van der Waals surface area contributed by atoms with E-state index in [-0.39, 0.29) is 11.7 Å². The van der Waals surface area contributed by atoms with Crippen LogP contribution in [0, 0.1) is 0 Å². The summed E-state index contributed by atoms with van der Waals surface area (Å²) in [5, 5.41) is 1.79. The van der Waals surface area contributed by atoms with Crippen molar-refractivity contribution in [3.63, 3.8) is 0 Å². The third kappa shape index (κ3) is 3.29. The molecule has 2 nitrogen and oxygen atoms in total. The highest BCUT2D eigenvalue weighted by Crippen LogP contribution is 2.34. The Morgan fingerprint density at radius 1 is 0.885 bits per heavy atom. The number of Topliss-reactive ketones (excluding diaryl/α,β-unsaturated/α-hetero) is 1. The molecule has 1 heterocycles. The zero-order valence-electron chi connectivity index (χ0n) is 14.2. The lowest BCUT2D eigenvalue weighted by atomic mass is 9.85. The summed E-state index contributed by atoms with van der Waals surface area (Å²) in [6, 6.07) is 25.5. The Labute approximate surface area is 157 Å². The number of ketones is 1. The van der Waals surface area contributed by atoms with Crippen LogP contribution in [0.3, 0.4) is 0 Å². The highest BCUT2D eigenvalue weighted by Gasteiger charge is 2.22. The van der Waals surface area contributed by atoms with Gasteiger partial charge in [0.05, 0.1) is 0 Å². The Morgan fingerprint density at radius 3 is 2.35 bits per heavy atom. The SMILES string of the molecule is O=C(C[C@@H](c1ccccc1)c1c[nH]c2ccccc12)c1ccc(Cl)cc1. The van der Waals surface area contributed by atoms with Gasteiger partial charge in [0, 0.05) is 40.0 Å². The van der Waals surface area contributed by atoms with E-state index in [9.17, 15) is 4.79 Å². The third-order valence-corrected chi connectivity index (χ3v) is 5.01. The molecular weight excluding hydrogens is 342 g/mol. The number of halogens is 1. The molecule has 0 saturated heterocycles. The van der Waals surface area contributed by atoms with Gasteiger partial charge in [-0.25, -0.2) is 0 Å². The number of hydrogen-bond donors (Lipinski definition) is 1. The number of aromatic nitrogens is 1. The summed E-state index contributed by atoms with van der Waals surface area (Å²) in [6.07, 6.45) is 2.44. The molecule has 0 spiro atoms. The number of carbonyl (C=O) groups excluding carboxylic acids is 1. The average molecular weight is 360 g/mol. The summed E-state index contributed by atoms with van der Waals surface area (Å²) in [6.45, 7) is 0.